The summed E-state index contributed by atoms with van der Waals surface area (Å²) in [5.41, 5.74) is 11.2. The van der Waals surface area contributed by atoms with Gasteiger partial charge in [0.2, 0.25) is 0 Å². The molecule has 0 aliphatic carbocycles. The molecule has 4 aromatic rings. The van der Waals surface area contributed by atoms with Crippen LogP contribution >= 0.6 is 11.3 Å². The van der Waals surface area contributed by atoms with Gasteiger partial charge < -0.3 is 15.4 Å². The normalized spacial score (nSPS) is 11.3. The lowest BCUT2D eigenvalue weighted by molar-refractivity contribution is 0.416. The third kappa shape index (κ3) is 3.03. The predicted molar refractivity (Wildman–Crippen MR) is 116 cm³/mol. The SMILES string of the molecule is COc1cc(C)c2ncc3sccc3c2c1-c1ccc(N(C)CCN)cc1. The van der Waals surface area contributed by atoms with Crippen LogP contribution in [0.15, 0.2) is 48.0 Å². The average molecular weight is 378 g/mol. The summed E-state index contributed by atoms with van der Waals surface area (Å²) < 4.78 is 6.97. The molecule has 2 aromatic carbocycles. The highest BCUT2D eigenvalue weighted by molar-refractivity contribution is 7.17. The zero-order chi connectivity index (χ0) is 19.0. The van der Waals surface area contributed by atoms with Gasteiger partial charge in [0, 0.05) is 48.4 Å². The molecule has 138 valence electrons. The number of ether oxygens (including phenoxy) is 1. The molecular weight excluding hydrogens is 354 g/mol. The van der Waals surface area contributed by atoms with Crippen LogP contribution in [-0.2, 0) is 0 Å². The van der Waals surface area contributed by atoms with Crippen molar-refractivity contribution in [3.05, 3.63) is 53.5 Å². The first-order valence-electron chi connectivity index (χ1n) is 8.99. The van der Waals surface area contributed by atoms with E-state index in [9.17, 15) is 0 Å². The molecule has 27 heavy (non-hydrogen) atoms. The van der Waals surface area contributed by atoms with Gasteiger partial charge in [0.05, 0.1) is 17.3 Å². The van der Waals surface area contributed by atoms with Crippen molar-refractivity contribution in [3.63, 3.8) is 0 Å². The lowest BCUT2D eigenvalue weighted by Crippen LogP contribution is -2.24. The lowest BCUT2D eigenvalue weighted by atomic mass is 9.95. The Morgan fingerprint density at radius 1 is 1.19 bits per heavy atom. The van der Waals surface area contributed by atoms with Gasteiger partial charge in [-0.05, 0) is 47.7 Å². The second-order valence-corrected chi connectivity index (χ2v) is 7.66. The molecule has 2 N–H and O–H groups in total. The first-order chi connectivity index (χ1) is 13.1. The fourth-order valence-electron chi connectivity index (χ4n) is 3.61. The molecule has 0 atom stereocenters. The molecule has 0 radical (unpaired) electrons. The number of rotatable bonds is 5. The zero-order valence-electron chi connectivity index (χ0n) is 15.8. The maximum atomic E-state index is 5.78. The van der Waals surface area contributed by atoms with Gasteiger partial charge >= 0.3 is 0 Å². The highest BCUT2D eigenvalue weighted by Crippen LogP contribution is 2.42. The number of nitrogens with two attached hydrogens (primary N) is 1. The summed E-state index contributed by atoms with van der Waals surface area (Å²) in [7, 11) is 3.79. The van der Waals surface area contributed by atoms with E-state index in [2.05, 4.69) is 60.6 Å². The minimum Gasteiger partial charge on any atom is -0.496 e. The number of likely N-dealkylation sites (N-methyl/N-ethyl adjacent to an activating group) is 1. The number of hydrogen-bond acceptors (Lipinski definition) is 5. The van der Waals surface area contributed by atoms with E-state index >= 15 is 0 Å². The standard InChI is InChI=1S/C22H23N3OS/c1-14-12-18(26-3)20(15-4-6-16(7-5-15)25(2)10-9-23)21-17-8-11-27-19(17)13-24-22(14)21/h4-8,11-13H,9-10,23H2,1-3H3. The van der Waals surface area contributed by atoms with Crippen LogP contribution in [0, 0.1) is 6.92 Å². The van der Waals surface area contributed by atoms with Crippen molar-refractivity contribution >= 4 is 38.0 Å². The molecule has 4 rings (SSSR count). The van der Waals surface area contributed by atoms with Crippen molar-refractivity contribution in [2.24, 2.45) is 5.73 Å². The Bertz CT molecular complexity index is 1100. The fraction of sp³-hybridized carbons (Fsp3) is 0.227. The van der Waals surface area contributed by atoms with Gasteiger partial charge in [0.1, 0.15) is 5.75 Å². The van der Waals surface area contributed by atoms with E-state index in [1.165, 1.54) is 10.1 Å². The van der Waals surface area contributed by atoms with E-state index in [0.29, 0.717) is 6.54 Å². The second-order valence-electron chi connectivity index (χ2n) is 6.71. The summed E-state index contributed by atoms with van der Waals surface area (Å²) >= 11 is 1.72. The second kappa shape index (κ2) is 7.18. The summed E-state index contributed by atoms with van der Waals surface area (Å²) in [5, 5.41) is 4.51. The molecule has 0 unspecified atom stereocenters. The molecular formula is C22H23N3OS. The van der Waals surface area contributed by atoms with Gasteiger partial charge in [-0.15, -0.1) is 11.3 Å². The van der Waals surface area contributed by atoms with Crippen LogP contribution in [-0.4, -0.2) is 32.2 Å². The summed E-state index contributed by atoms with van der Waals surface area (Å²) in [5.74, 6) is 0.878. The van der Waals surface area contributed by atoms with Crippen LogP contribution in [0.2, 0.25) is 0 Å². The Balaban J connectivity index is 1.97. The van der Waals surface area contributed by atoms with E-state index in [4.69, 9.17) is 15.5 Å². The van der Waals surface area contributed by atoms with Crippen LogP contribution in [0.25, 0.3) is 32.1 Å². The largest absolute Gasteiger partial charge is 0.496 e. The maximum absolute atomic E-state index is 5.78. The first-order valence-corrected chi connectivity index (χ1v) is 9.87. The number of thiophene rings is 1. The summed E-state index contributed by atoms with van der Waals surface area (Å²) in [4.78, 5) is 6.91. The number of fused-ring (bicyclic) bond motifs is 3. The summed E-state index contributed by atoms with van der Waals surface area (Å²) in [6, 6.07) is 12.8. The summed E-state index contributed by atoms with van der Waals surface area (Å²) in [6.45, 7) is 3.55. The van der Waals surface area contributed by atoms with E-state index in [0.717, 1.165) is 45.6 Å². The first kappa shape index (κ1) is 17.8. The molecule has 0 aliphatic rings. The third-order valence-electron chi connectivity index (χ3n) is 5.01. The Morgan fingerprint density at radius 2 is 1.96 bits per heavy atom. The van der Waals surface area contributed by atoms with Crippen molar-refractivity contribution in [2.45, 2.75) is 6.92 Å². The fourth-order valence-corrected chi connectivity index (χ4v) is 4.37. The number of pyridine rings is 1. The number of aromatic nitrogens is 1. The molecule has 2 heterocycles. The molecule has 4 nitrogen and oxygen atoms in total. The van der Waals surface area contributed by atoms with Gasteiger partial charge in [0.15, 0.2) is 0 Å². The van der Waals surface area contributed by atoms with Crippen molar-refractivity contribution < 1.29 is 4.74 Å². The molecule has 0 saturated heterocycles. The van der Waals surface area contributed by atoms with Crippen molar-refractivity contribution in [1.29, 1.82) is 0 Å². The predicted octanol–water partition coefficient (Wildman–Crippen LogP) is 4.83. The monoisotopic (exact) mass is 377 g/mol. The quantitative estimate of drug-likeness (QED) is 0.541. The van der Waals surface area contributed by atoms with E-state index in [-0.39, 0.29) is 0 Å². The van der Waals surface area contributed by atoms with Crippen LogP contribution < -0.4 is 15.4 Å². The molecule has 2 aromatic heterocycles. The number of nitrogens with zero attached hydrogens (tertiary/aromatic N) is 2. The van der Waals surface area contributed by atoms with E-state index in [1.807, 2.05) is 6.20 Å². The Labute approximate surface area is 163 Å². The maximum Gasteiger partial charge on any atom is 0.127 e. The molecule has 0 spiro atoms. The van der Waals surface area contributed by atoms with Gasteiger partial charge in [-0.25, -0.2) is 0 Å². The van der Waals surface area contributed by atoms with Gasteiger partial charge in [-0.2, -0.15) is 0 Å². The third-order valence-corrected chi connectivity index (χ3v) is 5.86. The number of anilines is 1. The topological polar surface area (TPSA) is 51.4 Å². The molecule has 0 bridgehead atoms. The highest BCUT2D eigenvalue weighted by atomic mass is 32.1. The van der Waals surface area contributed by atoms with Crippen LogP contribution in [0.4, 0.5) is 5.69 Å². The average Bonchev–Trinajstić information content (AvgIpc) is 3.17. The minimum atomic E-state index is 0.635. The van der Waals surface area contributed by atoms with Gasteiger partial charge in [0.25, 0.3) is 0 Å². The van der Waals surface area contributed by atoms with Crippen molar-refractivity contribution in [1.82, 2.24) is 4.98 Å². The van der Waals surface area contributed by atoms with Crippen LogP contribution in [0.3, 0.4) is 0 Å². The number of hydrogen-bond donors (Lipinski definition) is 1. The van der Waals surface area contributed by atoms with Crippen LogP contribution in [0.5, 0.6) is 5.75 Å². The van der Waals surface area contributed by atoms with Gasteiger partial charge in [-0.1, -0.05) is 12.1 Å². The molecule has 0 amide bonds. The van der Waals surface area contributed by atoms with E-state index in [1.54, 1.807) is 18.4 Å². The van der Waals surface area contributed by atoms with Crippen LogP contribution in [0.1, 0.15) is 5.56 Å². The number of aryl methyl sites for hydroxylation is 1. The lowest BCUT2D eigenvalue weighted by Gasteiger charge is -2.19. The van der Waals surface area contributed by atoms with E-state index < -0.39 is 0 Å². The molecule has 0 saturated carbocycles. The van der Waals surface area contributed by atoms with Crippen molar-refractivity contribution in [2.75, 3.05) is 32.1 Å². The molecule has 0 aliphatic heterocycles. The smallest absolute Gasteiger partial charge is 0.127 e. The Hall–Kier alpha value is -2.63. The Kier molecular flexibility index (Phi) is 4.72. The molecule has 5 heteroatoms. The summed E-state index contributed by atoms with van der Waals surface area (Å²) in [6.07, 6.45) is 1.97. The van der Waals surface area contributed by atoms with Gasteiger partial charge in [-0.3, -0.25) is 4.98 Å². The minimum absolute atomic E-state index is 0.635. The molecule has 0 fully saturated rings. The van der Waals surface area contributed by atoms with Crippen molar-refractivity contribution in [3.8, 4) is 16.9 Å². The highest BCUT2D eigenvalue weighted by Gasteiger charge is 2.17. The number of benzene rings is 2. The number of methoxy groups -OCH3 is 1. The zero-order valence-corrected chi connectivity index (χ0v) is 16.6. The Morgan fingerprint density at radius 3 is 2.67 bits per heavy atom.